The highest BCUT2D eigenvalue weighted by Crippen LogP contribution is 2.51. The van der Waals surface area contributed by atoms with Crippen molar-refractivity contribution in [2.75, 3.05) is 41.5 Å². The third-order valence-electron chi connectivity index (χ3n) is 6.70. The predicted molar refractivity (Wildman–Crippen MR) is 115 cm³/mol. The topological polar surface area (TPSA) is 86.2 Å². The van der Waals surface area contributed by atoms with Gasteiger partial charge in [-0.05, 0) is 30.5 Å². The zero-order valence-corrected chi connectivity index (χ0v) is 18.6. The van der Waals surface area contributed by atoms with E-state index in [1.165, 1.54) is 7.11 Å². The molecule has 31 heavy (non-hydrogen) atoms. The summed E-state index contributed by atoms with van der Waals surface area (Å²) in [7, 11) is 6.37. The predicted octanol–water partition coefficient (Wildman–Crippen LogP) is 2.63. The van der Waals surface area contributed by atoms with Crippen LogP contribution in [-0.2, 0) is 12.1 Å². The standard InChI is InChI=1S/C23H31N3O5/c1-28-19-9-8-15(10-20(19)29-2)12-26-13-16-6-5-7-17(14-26)23(16,27)18-11-24-22(31-4)25-21(18)30-3/h8-11,16-17,27H,5-7,12-14H2,1-4H3/t16-,17-/m0/s1. The van der Waals surface area contributed by atoms with E-state index in [0.717, 1.165) is 56.0 Å². The Morgan fingerprint density at radius 2 is 1.71 bits per heavy atom. The molecule has 1 aromatic heterocycles. The van der Waals surface area contributed by atoms with Crippen molar-refractivity contribution in [3.8, 4) is 23.4 Å². The minimum Gasteiger partial charge on any atom is -0.493 e. The highest BCUT2D eigenvalue weighted by atomic mass is 16.5. The summed E-state index contributed by atoms with van der Waals surface area (Å²) >= 11 is 0. The lowest BCUT2D eigenvalue weighted by atomic mass is 9.63. The van der Waals surface area contributed by atoms with E-state index in [-0.39, 0.29) is 17.8 Å². The Morgan fingerprint density at radius 1 is 1.00 bits per heavy atom. The normalized spacial score (nSPS) is 25.7. The van der Waals surface area contributed by atoms with Gasteiger partial charge in [-0.1, -0.05) is 12.5 Å². The molecule has 1 aromatic carbocycles. The van der Waals surface area contributed by atoms with Crippen LogP contribution >= 0.6 is 0 Å². The van der Waals surface area contributed by atoms with Crippen LogP contribution < -0.4 is 18.9 Å². The van der Waals surface area contributed by atoms with Crippen molar-refractivity contribution in [2.45, 2.75) is 31.4 Å². The van der Waals surface area contributed by atoms with Crippen LogP contribution in [-0.4, -0.2) is 61.5 Å². The summed E-state index contributed by atoms with van der Waals surface area (Å²) in [5.74, 6) is 1.99. The van der Waals surface area contributed by atoms with Gasteiger partial charge in [0.15, 0.2) is 11.5 Å². The number of aromatic nitrogens is 2. The first-order valence-electron chi connectivity index (χ1n) is 10.6. The van der Waals surface area contributed by atoms with Gasteiger partial charge in [0, 0.05) is 37.7 Å². The minimum atomic E-state index is -1.01. The van der Waals surface area contributed by atoms with Crippen molar-refractivity contribution in [1.82, 2.24) is 14.9 Å². The molecular weight excluding hydrogens is 398 g/mol. The third kappa shape index (κ3) is 3.90. The number of rotatable bonds is 7. The molecule has 168 valence electrons. The lowest BCUT2D eigenvalue weighted by Gasteiger charge is -2.53. The van der Waals surface area contributed by atoms with E-state index in [0.29, 0.717) is 11.4 Å². The molecule has 2 fully saturated rings. The summed E-state index contributed by atoms with van der Waals surface area (Å²) in [4.78, 5) is 11.0. The smallest absolute Gasteiger partial charge is 0.319 e. The van der Waals surface area contributed by atoms with Crippen molar-refractivity contribution in [3.63, 3.8) is 0 Å². The van der Waals surface area contributed by atoms with E-state index in [2.05, 4.69) is 20.9 Å². The van der Waals surface area contributed by atoms with Crippen LogP contribution in [0.4, 0.5) is 0 Å². The van der Waals surface area contributed by atoms with Gasteiger partial charge in [-0.3, -0.25) is 4.90 Å². The van der Waals surface area contributed by atoms with Gasteiger partial charge in [0.25, 0.3) is 0 Å². The molecule has 1 N–H and O–H groups in total. The van der Waals surface area contributed by atoms with Crippen molar-refractivity contribution < 1.29 is 24.1 Å². The van der Waals surface area contributed by atoms with E-state index in [1.807, 2.05) is 12.1 Å². The Balaban J connectivity index is 1.58. The van der Waals surface area contributed by atoms with Crippen molar-refractivity contribution in [1.29, 1.82) is 0 Å². The fourth-order valence-electron chi connectivity index (χ4n) is 5.23. The van der Waals surface area contributed by atoms with Crippen LogP contribution in [0.15, 0.2) is 24.4 Å². The number of hydrogen-bond acceptors (Lipinski definition) is 8. The Bertz CT molecular complexity index is 908. The first kappa shape index (κ1) is 21.6. The Kier molecular flexibility index (Phi) is 6.20. The molecule has 1 aliphatic heterocycles. The van der Waals surface area contributed by atoms with E-state index in [9.17, 15) is 5.11 Å². The molecule has 0 radical (unpaired) electrons. The Labute approximate surface area is 183 Å². The molecule has 2 bridgehead atoms. The average Bonchev–Trinajstić information content (AvgIpc) is 2.79. The van der Waals surface area contributed by atoms with Gasteiger partial charge in [-0.15, -0.1) is 0 Å². The van der Waals surface area contributed by atoms with Crippen LogP contribution in [0.1, 0.15) is 30.4 Å². The molecule has 2 aromatic rings. The van der Waals surface area contributed by atoms with E-state index in [1.54, 1.807) is 27.5 Å². The second-order valence-corrected chi connectivity index (χ2v) is 8.31. The maximum Gasteiger partial charge on any atom is 0.319 e. The molecular formula is C23H31N3O5. The number of hydrogen-bond donors (Lipinski definition) is 1. The molecule has 2 atom stereocenters. The van der Waals surface area contributed by atoms with Gasteiger partial charge in [-0.25, -0.2) is 4.98 Å². The van der Waals surface area contributed by atoms with Gasteiger partial charge in [0.05, 0.1) is 34.0 Å². The van der Waals surface area contributed by atoms with Gasteiger partial charge >= 0.3 is 6.01 Å². The quantitative estimate of drug-likeness (QED) is 0.719. The maximum absolute atomic E-state index is 12.0. The zero-order valence-electron chi connectivity index (χ0n) is 18.6. The molecule has 2 aliphatic rings. The van der Waals surface area contributed by atoms with Crippen molar-refractivity contribution >= 4 is 0 Å². The van der Waals surface area contributed by atoms with Gasteiger partial charge in [0.2, 0.25) is 5.88 Å². The number of methoxy groups -OCH3 is 4. The Morgan fingerprint density at radius 3 is 2.32 bits per heavy atom. The van der Waals surface area contributed by atoms with Gasteiger partial charge in [-0.2, -0.15) is 4.98 Å². The lowest BCUT2D eigenvalue weighted by molar-refractivity contribution is -0.149. The SMILES string of the molecule is COc1ncc(C2(O)[C@H]3CCC[C@H]2CN(Cc2ccc(OC)c(OC)c2)C3)c(OC)n1. The fraction of sp³-hybridized carbons (Fsp3) is 0.565. The first-order valence-corrected chi connectivity index (χ1v) is 10.6. The van der Waals surface area contributed by atoms with Crippen LogP contribution in [0.5, 0.6) is 23.4 Å². The van der Waals surface area contributed by atoms with Gasteiger partial charge < -0.3 is 24.1 Å². The monoisotopic (exact) mass is 429 g/mol. The molecule has 1 aliphatic carbocycles. The summed E-state index contributed by atoms with van der Waals surface area (Å²) in [6.07, 6.45) is 4.68. The second kappa shape index (κ2) is 8.88. The van der Waals surface area contributed by atoms with Crippen LogP contribution in [0, 0.1) is 11.8 Å². The summed E-state index contributed by atoms with van der Waals surface area (Å²) in [6.45, 7) is 2.37. The third-order valence-corrected chi connectivity index (χ3v) is 6.70. The number of likely N-dealkylation sites (tertiary alicyclic amines) is 1. The molecule has 1 saturated heterocycles. The van der Waals surface area contributed by atoms with Crippen molar-refractivity contribution in [2.24, 2.45) is 11.8 Å². The first-order chi connectivity index (χ1) is 15.0. The molecule has 8 heteroatoms. The Hall–Kier alpha value is -2.58. The number of piperidine rings is 1. The maximum atomic E-state index is 12.0. The molecule has 1 saturated carbocycles. The molecule has 0 amide bonds. The second-order valence-electron chi connectivity index (χ2n) is 8.31. The average molecular weight is 430 g/mol. The van der Waals surface area contributed by atoms with E-state index in [4.69, 9.17) is 18.9 Å². The molecule has 4 rings (SSSR count). The number of nitrogens with zero attached hydrogens (tertiary/aromatic N) is 3. The highest BCUT2D eigenvalue weighted by Gasteiger charge is 2.53. The van der Waals surface area contributed by atoms with Gasteiger partial charge in [0.1, 0.15) is 5.60 Å². The summed E-state index contributed by atoms with van der Waals surface area (Å²) in [5.41, 5.74) is 0.812. The zero-order chi connectivity index (χ0) is 22.0. The summed E-state index contributed by atoms with van der Waals surface area (Å²) in [6, 6.07) is 6.27. The number of benzene rings is 1. The molecule has 0 unspecified atom stereocenters. The molecule has 2 heterocycles. The minimum absolute atomic E-state index is 0.0750. The van der Waals surface area contributed by atoms with Crippen LogP contribution in [0.3, 0.4) is 0 Å². The van der Waals surface area contributed by atoms with E-state index < -0.39 is 5.60 Å². The molecule has 8 nitrogen and oxygen atoms in total. The number of fused-ring (bicyclic) bond motifs is 2. The molecule has 0 spiro atoms. The van der Waals surface area contributed by atoms with Crippen molar-refractivity contribution in [3.05, 3.63) is 35.5 Å². The highest BCUT2D eigenvalue weighted by molar-refractivity contribution is 5.43. The number of ether oxygens (including phenoxy) is 4. The largest absolute Gasteiger partial charge is 0.493 e. The summed E-state index contributed by atoms with van der Waals surface area (Å²) < 4.78 is 21.5. The van der Waals surface area contributed by atoms with Crippen LogP contribution in [0.25, 0.3) is 0 Å². The summed E-state index contributed by atoms with van der Waals surface area (Å²) in [5, 5.41) is 12.0. The fourth-order valence-corrected chi connectivity index (χ4v) is 5.23. The van der Waals surface area contributed by atoms with E-state index >= 15 is 0 Å². The van der Waals surface area contributed by atoms with Crippen LogP contribution in [0.2, 0.25) is 0 Å². The lowest BCUT2D eigenvalue weighted by Crippen LogP contribution is -2.58. The number of aliphatic hydroxyl groups is 1.